The van der Waals surface area contributed by atoms with Gasteiger partial charge in [0.2, 0.25) is 0 Å². The van der Waals surface area contributed by atoms with Gasteiger partial charge in [0.15, 0.2) is 6.10 Å². The first-order valence-electron chi connectivity index (χ1n) is 25.2. The lowest BCUT2D eigenvalue weighted by molar-refractivity contribution is -0.167. The second-order valence-corrected chi connectivity index (χ2v) is 16.3. The lowest BCUT2D eigenvalue weighted by Crippen LogP contribution is -2.30. The van der Waals surface area contributed by atoms with Crippen molar-refractivity contribution >= 4 is 17.9 Å². The van der Waals surface area contributed by atoms with Crippen LogP contribution in [0.3, 0.4) is 0 Å². The van der Waals surface area contributed by atoms with Gasteiger partial charge in [-0.1, -0.05) is 208 Å². The first-order chi connectivity index (χ1) is 30.5. The molecule has 0 heterocycles. The van der Waals surface area contributed by atoms with Crippen molar-refractivity contribution < 1.29 is 28.6 Å². The molecule has 0 bridgehead atoms. The smallest absolute Gasteiger partial charge is 0.306 e. The second-order valence-electron chi connectivity index (χ2n) is 16.3. The Morgan fingerprint density at radius 2 is 0.645 bits per heavy atom. The Morgan fingerprint density at radius 3 is 1.05 bits per heavy atom. The van der Waals surface area contributed by atoms with Crippen molar-refractivity contribution in [1.29, 1.82) is 0 Å². The van der Waals surface area contributed by atoms with Crippen LogP contribution >= 0.6 is 0 Å². The van der Waals surface area contributed by atoms with Crippen LogP contribution in [0.1, 0.15) is 220 Å². The van der Waals surface area contributed by atoms with Crippen molar-refractivity contribution in [2.45, 2.75) is 226 Å². The average molecular weight is 861 g/mol. The van der Waals surface area contributed by atoms with Crippen molar-refractivity contribution in [1.82, 2.24) is 0 Å². The molecule has 6 heteroatoms. The summed E-state index contributed by atoms with van der Waals surface area (Å²) in [5.74, 6) is -0.979. The molecular formula is C56H92O6. The predicted molar refractivity (Wildman–Crippen MR) is 265 cm³/mol. The number of carbonyl (C=O) groups excluding carboxylic acids is 3. The van der Waals surface area contributed by atoms with E-state index in [9.17, 15) is 14.4 Å². The van der Waals surface area contributed by atoms with Crippen molar-refractivity contribution in [2.24, 2.45) is 0 Å². The van der Waals surface area contributed by atoms with E-state index in [1.807, 2.05) is 0 Å². The van der Waals surface area contributed by atoms with Gasteiger partial charge in [-0.3, -0.25) is 14.4 Å². The number of esters is 3. The van der Waals surface area contributed by atoms with Crippen molar-refractivity contribution in [3.63, 3.8) is 0 Å². The highest BCUT2D eigenvalue weighted by Crippen LogP contribution is 2.14. The topological polar surface area (TPSA) is 78.9 Å². The van der Waals surface area contributed by atoms with Crippen molar-refractivity contribution in [2.75, 3.05) is 13.2 Å². The zero-order valence-corrected chi connectivity index (χ0v) is 40.1. The van der Waals surface area contributed by atoms with Crippen LogP contribution in [-0.4, -0.2) is 37.2 Å². The highest BCUT2D eigenvalue weighted by molar-refractivity contribution is 5.71. The van der Waals surface area contributed by atoms with Gasteiger partial charge in [-0.05, 0) is 89.9 Å². The maximum atomic E-state index is 12.8. The number of allylic oxidation sites excluding steroid dienone is 16. The highest BCUT2D eigenvalue weighted by Gasteiger charge is 2.19. The Labute approximate surface area is 381 Å². The monoisotopic (exact) mass is 861 g/mol. The minimum Gasteiger partial charge on any atom is -0.462 e. The zero-order valence-electron chi connectivity index (χ0n) is 40.1. The molecule has 0 aliphatic carbocycles. The van der Waals surface area contributed by atoms with Gasteiger partial charge in [0.1, 0.15) is 13.2 Å². The highest BCUT2D eigenvalue weighted by atomic mass is 16.6. The third-order valence-corrected chi connectivity index (χ3v) is 10.3. The maximum Gasteiger partial charge on any atom is 0.306 e. The third kappa shape index (κ3) is 47.4. The number of hydrogen-bond donors (Lipinski definition) is 0. The summed E-state index contributed by atoms with van der Waals surface area (Å²) in [4.78, 5) is 37.9. The number of unbranched alkanes of at least 4 members (excludes halogenated alkanes) is 17. The fourth-order valence-corrected chi connectivity index (χ4v) is 6.61. The van der Waals surface area contributed by atoms with Gasteiger partial charge >= 0.3 is 17.9 Å². The molecule has 0 rings (SSSR count). The lowest BCUT2D eigenvalue weighted by Gasteiger charge is -2.18. The Kier molecular flexibility index (Phi) is 47.0. The van der Waals surface area contributed by atoms with Gasteiger partial charge in [-0.25, -0.2) is 0 Å². The van der Waals surface area contributed by atoms with E-state index in [-0.39, 0.29) is 37.5 Å². The van der Waals surface area contributed by atoms with E-state index < -0.39 is 6.10 Å². The summed E-state index contributed by atoms with van der Waals surface area (Å²) in [6.07, 6.45) is 65.4. The molecule has 0 saturated heterocycles. The Morgan fingerprint density at radius 1 is 0.339 bits per heavy atom. The van der Waals surface area contributed by atoms with Crippen LogP contribution in [0.4, 0.5) is 0 Å². The minimum absolute atomic E-state index is 0.100. The van der Waals surface area contributed by atoms with Crippen molar-refractivity contribution in [3.8, 4) is 0 Å². The molecule has 0 spiro atoms. The number of hydrogen-bond acceptors (Lipinski definition) is 6. The van der Waals surface area contributed by atoms with Gasteiger partial charge in [-0.15, -0.1) is 0 Å². The third-order valence-electron chi connectivity index (χ3n) is 10.3. The van der Waals surface area contributed by atoms with Crippen LogP contribution < -0.4 is 0 Å². The molecule has 0 N–H and O–H groups in total. The van der Waals surface area contributed by atoms with Gasteiger partial charge < -0.3 is 14.2 Å². The largest absolute Gasteiger partial charge is 0.462 e. The van der Waals surface area contributed by atoms with E-state index >= 15 is 0 Å². The summed E-state index contributed by atoms with van der Waals surface area (Å²) < 4.78 is 16.7. The van der Waals surface area contributed by atoms with Crippen LogP contribution in [0.15, 0.2) is 97.2 Å². The number of ether oxygens (including phenoxy) is 3. The summed E-state index contributed by atoms with van der Waals surface area (Å²) in [5, 5.41) is 0. The summed E-state index contributed by atoms with van der Waals surface area (Å²) in [6.45, 7) is 6.33. The standard InChI is InChI=1S/C56H92O6/c1-4-7-10-13-16-19-22-24-26-28-30-31-34-37-40-43-46-49-55(58)61-52-53(51-60-54(57)48-45-42-39-36-33-21-18-15-12-9-6-3)62-56(59)50-47-44-41-38-35-32-29-27-25-23-20-17-14-11-8-5-2/h7-8,10-11,16-17,19-20,24-27,30-31,37,40,53H,4-6,9,12-15,18,21-23,28-29,32-36,38-39,41-52H2,1-3H3/b10-7-,11-8-,19-16-,20-17-,26-24-,27-25-,31-30-,40-37-. The molecule has 0 radical (unpaired) electrons. The number of rotatable bonds is 44. The van der Waals surface area contributed by atoms with E-state index in [0.717, 1.165) is 109 Å². The summed E-state index contributed by atoms with van der Waals surface area (Å²) >= 11 is 0. The summed E-state index contributed by atoms with van der Waals surface area (Å²) in [7, 11) is 0. The zero-order chi connectivity index (χ0) is 45.1. The quantitative estimate of drug-likeness (QED) is 0.0263. The van der Waals surface area contributed by atoms with Crippen molar-refractivity contribution in [3.05, 3.63) is 97.2 Å². The molecule has 0 aliphatic heterocycles. The molecule has 1 atom stereocenters. The molecular weight excluding hydrogens is 769 g/mol. The first kappa shape index (κ1) is 58.3. The predicted octanol–water partition coefficient (Wildman–Crippen LogP) is 16.6. The normalized spacial score (nSPS) is 12.9. The lowest BCUT2D eigenvalue weighted by atomic mass is 10.1. The fourth-order valence-electron chi connectivity index (χ4n) is 6.61. The van der Waals surface area contributed by atoms with Crippen LogP contribution in [0.25, 0.3) is 0 Å². The second kappa shape index (κ2) is 50.0. The fraction of sp³-hybridized carbons (Fsp3) is 0.661. The van der Waals surface area contributed by atoms with E-state index in [1.165, 1.54) is 64.2 Å². The Bertz CT molecular complexity index is 1260. The number of carbonyl (C=O) groups is 3. The molecule has 0 amide bonds. The molecule has 0 aromatic rings. The van der Waals surface area contributed by atoms with Crippen LogP contribution in [0.2, 0.25) is 0 Å². The minimum atomic E-state index is -0.805. The molecule has 0 saturated carbocycles. The van der Waals surface area contributed by atoms with Crippen LogP contribution in [0, 0.1) is 0 Å². The van der Waals surface area contributed by atoms with E-state index in [0.29, 0.717) is 19.3 Å². The molecule has 62 heavy (non-hydrogen) atoms. The molecule has 0 fully saturated rings. The van der Waals surface area contributed by atoms with Crippen LogP contribution in [0.5, 0.6) is 0 Å². The molecule has 1 unspecified atom stereocenters. The summed E-state index contributed by atoms with van der Waals surface area (Å²) in [6, 6.07) is 0. The van der Waals surface area contributed by atoms with Crippen LogP contribution in [-0.2, 0) is 28.6 Å². The van der Waals surface area contributed by atoms with Gasteiger partial charge in [0.05, 0.1) is 0 Å². The molecule has 0 aromatic heterocycles. The molecule has 352 valence electrons. The van der Waals surface area contributed by atoms with E-state index in [4.69, 9.17) is 14.2 Å². The Balaban J connectivity index is 4.49. The molecule has 0 aromatic carbocycles. The SMILES string of the molecule is CC/C=C\C/C=C\C/C=C\C/C=C\C/C=C\CCCC(=O)OCC(COC(=O)CCCCCCCCCCCCC)OC(=O)CCCCCCCC/C=C\C/C=C\C/C=C\CC. The first-order valence-corrected chi connectivity index (χ1v) is 25.2. The maximum absolute atomic E-state index is 12.8. The van der Waals surface area contributed by atoms with Gasteiger partial charge in [0, 0.05) is 19.3 Å². The Hall–Kier alpha value is -3.67. The van der Waals surface area contributed by atoms with E-state index in [1.54, 1.807) is 0 Å². The average Bonchev–Trinajstić information content (AvgIpc) is 3.27. The summed E-state index contributed by atoms with van der Waals surface area (Å²) in [5.41, 5.74) is 0. The molecule has 0 aliphatic rings. The molecule has 6 nitrogen and oxygen atoms in total. The van der Waals surface area contributed by atoms with Gasteiger partial charge in [0.25, 0.3) is 0 Å². The van der Waals surface area contributed by atoms with E-state index in [2.05, 4.69) is 118 Å². The van der Waals surface area contributed by atoms with Gasteiger partial charge in [-0.2, -0.15) is 0 Å².